The SMILES string of the molecule is C/C(=C\[C@@H](C=O)[C@H](C[N+](=O)[O-])c1ccccc1Br)c1ccccc1. The van der Waals surface area contributed by atoms with Crippen molar-refractivity contribution in [1.82, 2.24) is 0 Å². The lowest BCUT2D eigenvalue weighted by atomic mass is 9.85. The second kappa shape index (κ2) is 8.55. The van der Waals surface area contributed by atoms with Crippen LogP contribution in [-0.2, 0) is 4.79 Å². The van der Waals surface area contributed by atoms with Gasteiger partial charge in [-0.3, -0.25) is 10.1 Å². The van der Waals surface area contributed by atoms with Gasteiger partial charge in [0.1, 0.15) is 6.29 Å². The first-order valence-electron chi connectivity index (χ1n) is 7.58. The summed E-state index contributed by atoms with van der Waals surface area (Å²) in [5, 5.41) is 11.1. The first-order valence-corrected chi connectivity index (χ1v) is 8.37. The Kier molecular flexibility index (Phi) is 6.44. The van der Waals surface area contributed by atoms with Crippen LogP contribution < -0.4 is 0 Å². The van der Waals surface area contributed by atoms with E-state index in [9.17, 15) is 14.9 Å². The quantitative estimate of drug-likeness (QED) is 0.392. The van der Waals surface area contributed by atoms with Gasteiger partial charge in [0.25, 0.3) is 0 Å². The van der Waals surface area contributed by atoms with Crippen LogP contribution in [0.3, 0.4) is 0 Å². The average Bonchev–Trinajstić information content (AvgIpc) is 2.59. The first-order chi connectivity index (χ1) is 11.5. The number of benzene rings is 2. The van der Waals surface area contributed by atoms with Crippen LogP contribution in [0.5, 0.6) is 0 Å². The van der Waals surface area contributed by atoms with E-state index in [0.29, 0.717) is 0 Å². The molecule has 2 atom stereocenters. The van der Waals surface area contributed by atoms with Gasteiger partial charge in [-0.25, -0.2) is 0 Å². The van der Waals surface area contributed by atoms with Crippen LogP contribution in [0.4, 0.5) is 0 Å². The van der Waals surface area contributed by atoms with Gasteiger partial charge in [0.05, 0.1) is 5.92 Å². The van der Waals surface area contributed by atoms with Crippen LogP contribution >= 0.6 is 15.9 Å². The van der Waals surface area contributed by atoms with Crippen LogP contribution in [0, 0.1) is 16.0 Å². The molecule has 2 rings (SSSR count). The van der Waals surface area contributed by atoms with Crippen molar-refractivity contribution in [3.05, 3.63) is 86.4 Å². The van der Waals surface area contributed by atoms with E-state index in [2.05, 4.69) is 15.9 Å². The number of hydrogen-bond donors (Lipinski definition) is 0. The van der Waals surface area contributed by atoms with Gasteiger partial charge < -0.3 is 4.79 Å². The van der Waals surface area contributed by atoms with E-state index in [4.69, 9.17) is 0 Å². The monoisotopic (exact) mass is 387 g/mol. The van der Waals surface area contributed by atoms with Gasteiger partial charge in [-0.1, -0.05) is 70.5 Å². The van der Waals surface area contributed by atoms with Gasteiger partial charge in [-0.15, -0.1) is 0 Å². The highest BCUT2D eigenvalue weighted by Gasteiger charge is 2.28. The Morgan fingerprint density at radius 3 is 2.38 bits per heavy atom. The van der Waals surface area contributed by atoms with Crippen LogP contribution in [0.1, 0.15) is 24.0 Å². The minimum atomic E-state index is -0.575. The molecular weight excluding hydrogens is 370 g/mol. The molecule has 2 aromatic carbocycles. The summed E-state index contributed by atoms with van der Waals surface area (Å²) in [6.07, 6.45) is 2.61. The molecule has 0 bridgehead atoms. The van der Waals surface area contributed by atoms with Crippen molar-refractivity contribution >= 4 is 27.8 Å². The van der Waals surface area contributed by atoms with E-state index in [-0.39, 0.29) is 11.5 Å². The number of halogens is 1. The average molecular weight is 388 g/mol. The Balaban J connectivity index is 2.41. The molecule has 4 nitrogen and oxygen atoms in total. The van der Waals surface area contributed by atoms with E-state index in [1.165, 1.54) is 0 Å². The van der Waals surface area contributed by atoms with Gasteiger partial charge in [0.15, 0.2) is 0 Å². The summed E-state index contributed by atoms with van der Waals surface area (Å²) in [4.78, 5) is 22.5. The first kappa shape index (κ1) is 18.1. The molecule has 0 aromatic heterocycles. The Hall–Kier alpha value is -2.27. The van der Waals surface area contributed by atoms with E-state index in [1.54, 1.807) is 0 Å². The van der Waals surface area contributed by atoms with Gasteiger partial charge >= 0.3 is 0 Å². The Labute approximate surface area is 149 Å². The third-order valence-electron chi connectivity index (χ3n) is 3.94. The summed E-state index contributed by atoms with van der Waals surface area (Å²) in [5.74, 6) is -1.10. The highest BCUT2D eigenvalue weighted by molar-refractivity contribution is 9.10. The Morgan fingerprint density at radius 1 is 1.17 bits per heavy atom. The fourth-order valence-corrected chi connectivity index (χ4v) is 3.28. The number of hydrogen-bond acceptors (Lipinski definition) is 3. The topological polar surface area (TPSA) is 60.2 Å². The van der Waals surface area contributed by atoms with Crippen molar-refractivity contribution in [2.24, 2.45) is 5.92 Å². The molecule has 0 radical (unpaired) electrons. The largest absolute Gasteiger partial charge is 0.303 e. The van der Waals surface area contributed by atoms with Crippen molar-refractivity contribution in [2.45, 2.75) is 12.8 Å². The summed E-state index contributed by atoms with van der Waals surface area (Å²) < 4.78 is 0.773. The molecule has 0 saturated carbocycles. The molecule has 124 valence electrons. The zero-order valence-electron chi connectivity index (χ0n) is 13.3. The third kappa shape index (κ3) is 4.61. The van der Waals surface area contributed by atoms with Crippen molar-refractivity contribution in [1.29, 1.82) is 0 Å². The van der Waals surface area contributed by atoms with E-state index in [0.717, 1.165) is 27.5 Å². The highest BCUT2D eigenvalue weighted by atomic mass is 79.9. The fourth-order valence-electron chi connectivity index (χ4n) is 2.70. The van der Waals surface area contributed by atoms with Crippen molar-refractivity contribution in [3.8, 4) is 0 Å². The normalized spacial score (nSPS) is 14.0. The van der Waals surface area contributed by atoms with E-state index < -0.39 is 11.8 Å². The number of rotatable bonds is 7. The van der Waals surface area contributed by atoms with Gasteiger partial charge in [-0.05, 0) is 29.7 Å². The van der Waals surface area contributed by atoms with Gasteiger partial charge in [0.2, 0.25) is 6.54 Å². The molecule has 0 aliphatic heterocycles. The van der Waals surface area contributed by atoms with Crippen LogP contribution in [0.15, 0.2) is 65.1 Å². The van der Waals surface area contributed by atoms with Crippen LogP contribution in [-0.4, -0.2) is 17.8 Å². The molecule has 0 heterocycles. The lowest BCUT2D eigenvalue weighted by Crippen LogP contribution is -2.22. The van der Waals surface area contributed by atoms with E-state index in [1.807, 2.05) is 67.6 Å². The van der Waals surface area contributed by atoms with Gasteiger partial charge in [-0.2, -0.15) is 0 Å². The number of nitro groups is 1. The molecule has 0 fully saturated rings. The summed E-state index contributed by atoms with van der Waals surface area (Å²) in [7, 11) is 0. The molecule has 0 amide bonds. The zero-order valence-corrected chi connectivity index (χ0v) is 14.8. The second-order valence-electron chi connectivity index (χ2n) is 5.57. The Bertz CT molecular complexity index is 743. The lowest BCUT2D eigenvalue weighted by molar-refractivity contribution is -0.484. The third-order valence-corrected chi connectivity index (χ3v) is 4.67. The number of aldehydes is 1. The molecule has 24 heavy (non-hydrogen) atoms. The maximum absolute atomic E-state index is 11.7. The van der Waals surface area contributed by atoms with Crippen molar-refractivity contribution in [2.75, 3.05) is 6.54 Å². The minimum Gasteiger partial charge on any atom is -0.303 e. The van der Waals surface area contributed by atoms with Crippen LogP contribution in [0.2, 0.25) is 0 Å². The highest BCUT2D eigenvalue weighted by Crippen LogP contribution is 2.32. The number of allylic oxidation sites excluding steroid dienone is 2. The smallest absolute Gasteiger partial charge is 0.211 e. The molecule has 0 unspecified atom stereocenters. The molecule has 0 N–H and O–H groups in total. The number of carbonyl (C=O) groups excluding carboxylic acids is 1. The summed E-state index contributed by atoms with van der Waals surface area (Å²) in [5.41, 5.74) is 2.69. The second-order valence-corrected chi connectivity index (χ2v) is 6.43. The number of carbonyl (C=O) groups is 1. The van der Waals surface area contributed by atoms with Crippen molar-refractivity contribution in [3.63, 3.8) is 0 Å². The molecule has 0 saturated heterocycles. The maximum atomic E-state index is 11.7. The van der Waals surface area contributed by atoms with Crippen molar-refractivity contribution < 1.29 is 9.72 Å². The number of nitrogens with zero attached hydrogens (tertiary/aromatic N) is 1. The summed E-state index contributed by atoms with van der Waals surface area (Å²) in [6.45, 7) is 1.61. The van der Waals surface area contributed by atoms with Gasteiger partial charge in [0, 0.05) is 15.3 Å². The minimum absolute atomic E-state index is 0.301. The summed E-state index contributed by atoms with van der Waals surface area (Å²) in [6, 6.07) is 17.0. The molecular formula is C19H18BrNO3. The molecule has 5 heteroatoms. The maximum Gasteiger partial charge on any atom is 0.211 e. The molecule has 2 aromatic rings. The Morgan fingerprint density at radius 2 is 1.79 bits per heavy atom. The predicted octanol–water partition coefficient (Wildman–Crippen LogP) is 4.73. The molecule has 0 spiro atoms. The van der Waals surface area contributed by atoms with E-state index >= 15 is 0 Å². The lowest BCUT2D eigenvalue weighted by Gasteiger charge is -2.19. The van der Waals surface area contributed by atoms with Crippen LogP contribution in [0.25, 0.3) is 5.57 Å². The molecule has 0 aliphatic rings. The predicted molar refractivity (Wildman–Crippen MR) is 98.4 cm³/mol. The fraction of sp³-hybridized carbons (Fsp3) is 0.211. The standard InChI is InChI=1S/C19H18BrNO3/c1-14(15-7-3-2-4-8-15)11-16(13-22)18(12-21(23)24)17-9-5-6-10-19(17)20/h2-11,13,16,18H,12H2,1H3/b14-11+/t16-,18-/m0/s1. The zero-order chi connectivity index (χ0) is 17.5. The summed E-state index contributed by atoms with van der Waals surface area (Å²) >= 11 is 3.44. The molecule has 0 aliphatic carbocycles.